The van der Waals surface area contributed by atoms with Crippen LogP contribution in [0, 0.1) is 5.82 Å². The van der Waals surface area contributed by atoms with E-state index in [1.807, 2.05) is 0 Å². The first-order valence-corrected chi connectivity index (χ1v) is 6.49. The number of rotatable bonds is 4. The SMILES string of the molecule is O=C(NCc1ccncc1)c1nnc(-c2cccc(F)c2)o1. The molecule has 0 aliphatic heterocycles. The van der Waals surface area contributed by atoms with Gasteiger partial charge in [-0.3, -0.25) is 9.78 Å². The van der Waals surface area contributed by atoms with Crippen LogP contribution in [0.2, 0.25) is 0 Å². The van der Waals surface area contributed by atoms with Crippen molar-refractivity contribution in [2.24, 2.45) is 0 Å². The van der Waals surface area contributed by atoms with Crippen molar-refractivity contribution in [2.45, 2.75) is 6.54 Å². The number of nitrogens with zero attached hydrogens (tertiary/aromatic N) is 3. The lowest BCUT2D eigenvalue weighted by atomic mass is 10.2. The van der Waals surface area contributed by atoms with E-state index in [-0.39, 0.29) is 11.8 Å². The minimum absolute atomic E-state index is 0.0913. The summed E-state index contributed by atoms with van der Waals surface area (Å²) in [7, 11) is 0. The summed E-state index contributed by atoms with van der Waals surface area (Å²) in [6.45, 7) is 0.318. The average molecular weight is 298 g/mol. The van der Waals surface area contributed by atoms with E-state index in [9.17, 15) is 9.18 Å². The van der Waals surface area contributed by atoms with Crippen molar-refractivity contribution < 1.29 is 13.6 Å². The summed E-state index contributed by atoms with van der Waals surface area (Å²) in [5, 5.41) is 10.1. The number of carbonyl (C=O) groups excluding carboxylic acids is 1. The minimum atomic E-state index is -0.494. The predicted molar refractivity (Wildman–Crippen MR) is 75.1 cm³/mol. The van der Waals surface area contributed by atoms with Crippen molar-refractivity contribution in [3.05, 3.63) is 66.1 Å². The monoisotopic (exact) mass is 298 g/mol. The van der Waals surface area contributed by atoms with Crippen LogP contribution in [0.5, 0.6) is 0 Å². The van der Waals surface area contributed by atoms with Gasteiger partial charge in [0.2, 0.25) is 5.89 Å². The third-order valence-electron chi connectivity index (χ3n) is 2.89. The molecule has 1 amide bonds. The largest absolute Gasteiger partial charge is 0.412 e. The summed E-state index contributed by atoms with van der Waals surface area (Å²) >= 11 is 0. The molecule has 2 aromatic heterocycles. The molecule has 0 radical (unpaired) electrons. The van der Waals surface area contributed by atoms with Gasteiger partial charge in [-0.05, 0) is 35.9 Å². The third-order valence-corrected chi connectivity index (χ3v) is 2.89. The van der Waals surface area contributed by atoms with Crippen LogP contribution in [0.1, 0.15) is 16.2 Å². The zero-order valence-corrected chi connectivity index (χ0v) is 11.4. The molecule has 0 aliphatic rings. The molecule has 3 rings (SSSR count). The Labute approximate surface area is 125 Å². The van der Waals surface area contributed by atoms with Crippen LogP contribution in [0.4, 0.5) is 4.39 Å². The van der Waals surface area contributed by atoms with Gasteiger partial charge in [0.25, 0.3) is 0 Å². The van der Waals surface area contributed by atoms with Crippen LogP contribution in [0.25, 0.3) is 11.5 Å². The van der Waals surface area contributed by atoms with Gasteiger partial charge in [-0.25, -0.2) is 4.39 Å². The third kappa shape index (κ3) is 3.14. The van der Waals surface area contributed by atoms with Crippen molar-refractivity contribution in [3.63, 3.8) is 0 Å². The zero-order valence-electron chi connectivity index (χ0n) is 11.4. The molecule has 0 saturated carbocycles. The molecule has 110 valence electrons. The fraction of sp³-hybridized carbons (Fsp3) is 0.0667. The van der Waals surface area contributed by atoms with Gasteiger partial charge >= 0.3 is 11.8 Å². The van der Waals surface area contributed by atoms with Crippen LogP contribution in [0.3, 0.4) is 0 Å². The second-order valence-electron chi connectivity index (χ2n) is 4.46. The number of aromatic nitrogens is 3. The van der Waals surface area contributed by atoms with Crippen LogP contribution in [-0.4, -0.2) is 21.1 Å². The summed E-state index contributed by atoms with van der Waals surface area (Å²) in [6, 6.07) is 9.28. The number of pyridine rings is 1. The number of amides is 1. The van der Waals surface area contributed by atoms with Gasteiger partial charge in [-0.15, -0.1) is 10.2 Å². The second-order valence-corrected chi connectivity index (χ2v) is 4.46. The zero-order chi connectivity index (χ0) is 15.4. The Hall–Kier alpha value is -3.09. The molecule has 0 atom stereocenters. The average Bonchev–Trinajstić information content (AvgIpc) is 3.04. The van der Waals surface area contributed by atoms with E-state index in [0.29, 0.717) is 12.1 Å². The Morgan fingerprint density at radius 3 is 2.77 bits per heavy atom. The van der Waals surface area contributed by atoms with Gasteiger partial charge in [-0.1, -0.05) is 6.07 Å². The molecule has 0 aliphatic carbocycles. The van der Waals surface area contributed by atoms with Crippen molar-refractivity contribution in [1.29, 1.82) is 0 Å². The van der Waals surface area contributed by atoms with E-state index in [1.165, 1.54) is 18.2 Å². The standard InChI is InChI=1S/C15H11FN4O2/c16-12-3-1-2-11(8-12)14-19-20-15(22-14)13(21)18-9-10-4-6-17-7-5-10/h1-8H,9H2,(H,18,21). The van der Waals surface area contributed by atoms with Crippen molar-refractivity contribution in [3.8, 4) is 11.5 Å². The van der Waals surface area contributed by atoms with Crippen LogP contribution in [0.15, 0.2) is 53.2 Å². The molecule has 22 heavy (non-hydrogen) atoms. The molecular weight excluding hydrogens is 287 g/mol. The second kappa shape index (κ2) is 6.13. The van der Waals surface area contributed by atoms with Crippen LogP contribution in [-0.2, 0) is 6.54 Å². The number of halogens is 1. The first-order chi connectivity index (χ1) is 10.7. The molecule has 3 aromatic rings. The lowest BCUT2D eigenvalue weighted by Gasteiger charge is -2.01. The molecule has 0 bridgehead atoms. The van der Waals surface area contributed by atoms with Gasteiger partial charge in [0.1, 0.15) is 5.82 Å². The number of benzene rings is 1. The van der Waals surface area contributed by atoms with Gasteiger partial charge in [0.05, 0.1) is 0 Å². The van der Waals surface area contributed by atoms with Gasteiger partial charge in [-0.2, -0.15) is 0 Å². The van der Waals surface area contributed by atoms with Gasteiger partial charge in [0, 0.05) is 24.5 Å². The Bertz CT molecular complexity index is 789. The molecule has 0 unspecified atom stereocenters. The molecule has 0 spiro atoms. The van der Waals surface area contributed by atoms with E-state index in [0.717, 1.165) is 5.56 Å². The van der Waals surface area contributed by atoms with Gasteiger partial charge in [0.15, 0.2) is 0 Å². The molecule has 1 N–H and O–H groups in total. The van der Waals surface area contributed by atoms with Crippen molar-refractivity contribution in [2.75, 3.05) is 0 Å². The summed E-state index contributed by atoms with van der Waals surface area (Å²) in [5.74, 6) is -0.992. The fourth-order valence-corrected chi connectivity index (χ4v) is 1.81. The quantitative estimate of drug-likeness (QED) is 0.798. The highest BCUT2D eigenvalue weighted by molar-refractivity contribution is 5.89. The summed E-state index contributed by atoms with van der Waals surface area (Å²) in [5.41, 5.74) is 1.31. The van der Waals surface area contributed by atoms with E-state index in [4.69, 9.17) is 4.42 Å². The molecule has 6 nitrogen and oxygen atoms in total. The van der Waals surface area contributed by atoms with E-state index in [2.05, 4.69) is 20.5 Å². The normalized spacial score (nSPS) is 10.4. The maximum Gasteiger partial charge on any atom is 0.309 e. The fourth-order valence-electron chi connectivity index (χ4n) is 1.81. The highest BCUT2D eigenvalue weighted by atomic mass is 19.1. The topological polar surface area (TPSA) is 80.9 Å². The van der Waals surface area contributed by atoms with Crippen molar-refractivity contribution in [1.82, 2.24) is 20.5 Å². The smallest absolute Gasteiger partial charge is 0.309 e. The van der Waals surface area contributed by atoms with E-state index < -0.39 is 11.7 Å². The summed E-state index contributed by atoms with van der Waals surface area (Å²) in [6.07, 6.45) is 3.27. The maximum absolute atomic E-state index is 13.2. The number of nitrogens with one attached hydrogen (secondary N) is 1. The van der Waals surface area contributed by atoms with Crippen LogP contribution < -0.4 is 5.32 Å². The molecule has 0 saturated heterocycles. The van der Waals surface area contributed by atoms with E-state index in [1.54, 1.807) is 30.6 Å². The Morgan fingerprint density at radius 2 is 2.00 bits per heavy atom. The molecule has 7 heteroatoms. The minimum Gasteiger partial charge on any atom is -0.412 e. The lowest BCUT2D eigenvalue weighted by molar-refractivity contribution is 0.0917. The molecule has 2 heterocycles. The first kappa shape index (κ1) is 13.9. The highest BCUT2D eigenvalue weighted by Gasteiger charge is 2.15. The van der Waals surface area contributed by atoms with Crippen LogP contribution >= 0.6 is 0 Å². The predicted octanol–water partition coefficient (Wildman–Crippen LogP) is 2.20. The molecule has 0 fully saturated rings. The summed E-state index contributed by atoms with van der Waals surface area (Å²) < 4.78 is 18.4. The maximum atomic E-state index is 13.2. The Kier molecular flexibility index (Phi) is 3.86. The highest BCUT2D eigenvalue weighted by Crippen LogP contribution is 2.18. The lowest BCUT2D eigenvalue weighted by Crippen LogP contribution is -2.23. The number of hydrogen-bond donors (Lipinski definition) is 1. The number of carbonyl (C=O) groups is 1. The first-order valence-electron chi connectivity index (χ1n) is 6.49. The Morgan fingerprint density at radius 1 is 1.18 bits per heavy atom. The van der Waals surface area contributed by atoms with Gasteiger partial charge < -0.3 is 9.73 Å². The molecular formula is C15H11FN4O2. The Balaban J connectivity index is 1.69. The number of hydrogen-bond acceptors (Lipinski definition) is 5. The van der Waals surface area contributed by atoms with E-state index >= 15 is 0 Å². The summed E-state index contributed by atoms with van der Waals surface area (Å²) in [4.78, 5) is 15.8. The van der Waals surface area contributed by atoms with Crippen molar-refractivity contribution >= 4 is 5.91 Å². The molecule has 1 aromatic carbocycles.